The number of halogens is 2. The zero-order valence-electron chi connectivity index (χ0n) is 7.55. The van der Waals surface area contributed by atoms with Crippen LogP contribution < -0.4 is 0 Å². The van der Waals surface area contributed by atoms with Crippen LogP contribution in [0.15, 0.2) is 30.3 Å². The summed E-state index contributed by atoms with van der Waals surface area (Å²) in [5, 5.41) is 0. The van der Waals surface area contributed by atoms with Gasteiger partial charge in [-0.25, -0.2) is 4.39 Å². The Kier molecular flexibility index (Phi) is 2.57. The number of rotatable bonds is 1. The van der Waals surface area contributed by atoms with Gasteiger partial charge in [-0.05, 0) is 19.1 Å². The lowest BCUT2D eigenvalue weighted by Gasteiger charge is -1.99. The van der Waals surface area contributed by atoms with Crippen molar-refractivity contribution in [3.63, 3.8) is 0 Å². The lowest BCUT2D eigenvalue weighted by atomic mass is 10.1. The molecule has 2 aromatic rings. The molecule has 0 saturated heterocycles. The Balaban J connectivity index is 2.60. The molecule has 0 N–H and O–H groups in total. The minimum atomic E-state index is -0.229. The van der Waals surface area contributed by atoms with Gasteiger partial charge in [-0.3, -0.25) is 0 Å². The van der Waals surface area contributed by atoms with Gasteiger partial charge in [0, 0.05) is 16.0 Å². The van der Waals surface area contributed by atoms with Crippen LogP contribution in [0.4, 0.5) is 4.39 Å². The van der Waals surface area contributed by atoms with E-state index in [-0.39, 0.29) is 5.82 Å². The van der Waals surface area contributed by atoms with Gasteiger partial charge in [-0.1, -0.05) is 29.8 Å². The summed E-state index contributed by atoms with van der Waals surface area (Å²) in [6.45, 7) is 1.96. The molecule has 1 aromatic carbocycles. The van der Waals surface area contributed by atoms with Crippen molar-refractivity contribution in [2.45, 2.75) is 6.92 Å². The van der Waals surface area contributed by atoms with E-state index in [0.29, 0.717) is 9.90 Å². The molecular weight excluding hydrogens is 219 g/mol. The summed E-state index contributed by atoms with van der Waals surface area (Å²) in [6.07, 6.45) is 0. The second-order valence-electron chi connectivity index (χ2n) is 3.02. The average Bonchev–Trinajstić information content (AvgIpc) is 2.46. The predicted octanol–water partition coefficient (Wildman–Crippen LogP) is 4.52. The van der Waals surface area contributed by atoms with Crippen LogP contribution in [-0.2, 0) is 0 Å². The minimum Gasteiger partial charge on any atom is -0.206 e. The van der Waals surface area contributed by atoms with Crippen molar-refractivity contribution in [3.8, 4) is 11.1 Å². The molecule has 0 aliphatic rings. The van der Waals surface area contributed by atoms with Crippen LogP contribution in [0.3, 0.4) is 0 Å². The normalized spacial score (nSPS) is 10.5. The molecule has 1 heterocycles. The lowest BCUT2D eigenvalue weighted by molar-refractivity contribution is 0.631. The van der Waals surface area contributed by atoms with Crippen LogP contribution in [0.25, 0.3) is 11.1 Å². The molecule has 0 atom stereocenters. The highest BCUT2D eigenvalue weighted by molar-refractivity contribution is 7.16. The third-order valence-electron chi connectivity index (χ3n) is 1.97. The molecule has 0 bridgehead atoms. The van der Waals surface area contributed by atoms with Gasteiger partial charge in [-0.15, -0.1) is 11.3 Å². The molecule has 1 aromatic heterocycles. The van der Waals surface area contributed by atoms with E-state index in [4.69, 9.17) is 11.6 Å². The molecular formula is C11H8ClFS. The number of hydrogen-bond acceptors (Lipinski definition) is 1. The Morgan fingerprint density at radius 1 is 1.21 bits per heavy atom. The molecule has 0 amide bonds. The quantitative estimate of drug-likeness (QED) is 0.671. The van der Waals surface area contributed by atoms with Crippen LogP contribution in [-0.4, -0.2) is 0 Å². The van der Waals surface area contributed by atoms with E-state index < -0.39 is 0 Å². The standard InChI is InChI=1S/C11H8ClFS/c1-7-6-9(11(12)14-7)8-4-2-3-5-10(8)13/h2-6H,1H3. The van der Waals surface area contributed by atoms with Gasteiger partial charge < -0.3 is 0 Å². The summed E-state index contributed by atoms with van der Waals surface area (Å²) in [6, 6.07) is 8.57. The number of aryl methyl sites for hydroxylation is 1. The Morgan fingerprint density at radius 2 is 1.93 bits per heavy atom. The smallest absolute Gasteiger partial charge is 0.131 e. The Bertz CT molecular complexity index is 462. The number of hydrogen-bond donors (Lipinski definition) is 0. The van der Waals surface area contributed by atoms with Crippen LogP contribution in [0.1, 0.15) is 4.88 Å². The van der Waals surface area contributed by atoms with E-state index in [1.54, 1.807) is 12.1 Å². The van der Waals surface area contributed by atoms with Gasteiger partial charge in [0.15, 0.2) is 0 Å². The maximum Gasteiger partial charge on any atom is 0.131 e. The SMILES string of the molecule is Cc1cc(-c2ccccc2F)c(Cl)s1. The summed E-state index contributed by atoms with van der Waals surface area (Å²) in [5.41, 5.74) is 1.36. The van der Waals surface area contributed by atoms with Crippen molar-refractivity contribution in [1.82, 2.24) is 0 Å². The minimum absolute atomic E-state index is 0.229. The molecule has 3 heteroatoms. The second-order valence-corrected chi connectivity index (χ2v) is 4.88. The van der Waals surface area contributed by atoms with Gasteiger partial charge >= 0.3 is 0 Å². The molecule has 2 rings (SSSR count). The first-order chi connectivity index (χ1) is 6.68. The highest BCUT2D eigenvalue weighted by Gasteiger charge is 2.10. The lowest BCUT2D eigenvalue weighted by Crippen LogP contribution is -1.80. The fourth-order valence-corrected chi connectivity index (χ4v) is 2.61. The zero-order valence-corrected chi connectivity index (χ0v) is 9.12. The van der Waals surface area contributed by atoms with Crippen LogP contribution in [0.5, 0.6) is 0 Å². The van der Waals surface area contributed by atoms with Gasteiger partial charge in [-0.2, -0.15) is 0 Å². The summed E-state index contributed by atoms with van der Waals surface area (Å²) in [4.78, 5) is 1.09. The average molecular weight is 227 g/mol. The van der Waals surface area contributed by atoms with E-state index >= 15 is 0 Å². The van der Waals surface area contributed by atoms with Crippen molar-refractivity contribution in [3.05, 3.63) is 45.4 Å². The van der Waals surface area contributed by atoms with Crippen molar-refractivity contribution in [2.75, 3.05) is 0 Å². The second kappa shape index (κ2) is 3.71. The van der Waals surface area contributed by atoms with E-state index in [0.717, 1.165) is 10.4 Å². The fraction of sp³-hybridized carbons (Fsp3) is 0.0909. The fourth-order valence-electron chi connectivity index (χ4n) is 1.35. The molecule has 0 spiro atoms. The van der Waals surface area contributed by atoms with Crippen molar-refractivity contribution >= 4 is 22.9 Å². The summed E-state index contributed by atoms with van der Waals surface area (Å²) in [5.74, 6) is -0.229. The first-order valence-electron chi connectivity index (χ1n) is 4.19. The van der Waals surface area contributed by atoms with Gasteiger partial charge in [0.25, 0.3) is 0 Å². The van der Waals surface area contributed by atoms with Crippen molar-refractivity contribution < 1.29 is 4.39 Å². The third kappa shape index (κ3) is 1.68. The zero-order chi connectivity index (χ0) is 10.1. The topological polar surface area (TPSA) is 0 Å². The molecule has 0 fully saturated rings. The molecule has 14 heavy (non-hydrogen) atoms. The first kappa shape index (κ1) is 9.69. The van der Waals surface area contributed by atoms with E-state index in [9.17, 15) is 4.39 Å². The summed E-state index contributed by atoms with van der Waals surface area (Å²) < 4.78 is 14.1. The molecule has 0 radical (unpaired) electrons. The molecule has 0 aliphatic carbocycles. The predicted molar refractivity (Wildman–Crippen MR) is 59.5 cm³/mol. The summed E-state index contributed by atoms with van der Waals surface area (Å²) in [7, 11) is 0. The molecule has 0 saturated carbocycles. The molecule has 72 valence electrons. The molecule has 0 nitrogen and oxygen atoms in total. The highest BCUT2D eigenvalue weighted by Crippen LogP contribution is 2.36. The van der Waals surface area contributed by atoms with Crippen molar-refractivity contribution in [1.29, 1.82) is 0 Å². The summed E-state index contributed by atoms with van der Waals surface area (Å²) >= 11 is 7.47. The largest absolute Gasteiger partial charge is 0.206 e. The Hall–Kier alpha value is -0.860. The maximum atomic E-state index is 13.4. The van der Waals surface area contributed by atoms with Crippen LogP contribution in [0, 0.1) is 12.7 Å². The molecule has 0 aliphatic heterocycles. The van der Waals surface area contributed by atoms with Crippen LogP contribution in [0.2, 0.25) is 4.34 Å². The monoisotopic (exact) mass is 226 g/mol. The first-order valence-corrected chi connectivity index (χ1v) is 5.39. The van der Waals surface area contributed by atoms with Crippen LogP contribution >= 0.6 is 22.9 Å². The Morgan fingerprint density at radius 3 is 2.50 bits per heavy atom. The number of thiophene rings is 1. The van der Waals surface area contributed by atoms with E-state index in [2.05, 4.69) is 0 Å². The van der Waals surface area contributed by atoms with Crippen molar-refractivity contribution in [2.24, 2.45) is 0 Å². The van der Waals surface area contributed by atoms with Gasteiger partial charge in [0.05, 0.1) is 0 Å². The third-order valence-corrected chi connectivity index (χ3v) is 3.25. The maximum absolute atomic E-state index is 13.4. The van der Waals surface area contributed by atoms with E-state index in [1.807, 2.05) is 19.1 Å². The highest BCUT2D eigenvalue weighted by atomic mass is 35.5. The molecule has 0 unspecified atom stereocenters. The van der Waals surface area contributed by atoms with E-state index in [1.165, 1.54) is 17.4 Å². The number of benzene rings is 1. The Labute approximate surface area is 91.0 Å². The van der Waals surface area contributed by atoms with Gasteiger partial charge in [0.2, 0.25) is 0 Å². The van der Waals surface area contributed by atoms with Gasteiger partial charge in [0.1, 0.15) is 10.2 Å².